The second kappa shape index (κ2) is 7.83. The fourth-order valence-corrected chi connectivity index (χ4v) is 2.56. The van der Waals surface area contributed by atoms with Crippen LogP contribution in [0.15, 0.2) is 24.3 Å². The number of hydrogen-bond donors (Lipinski definition) is 1. The molecular weight excluding hydrogens is 317 g/mol. The molecule has 1 aliphatic heterocycles. The highest BCUT2D eigenvalue weighted by molar-refractivity contribution is 5.94. The van der Waals surface area contributed by atoms with E-state index in [-0.39, 0.29) is 44.2 Å². The Balaban J connectivity index is 0.00000242. The van der Waals surface area contributed by atoms with Gasteiger partial charge in [-0.25, -0.2) is 0 Å². The van der Waals surface area contributed by atoms with E-state index in [0.717, 1.165) is 5.56 Å². The van der Waals surface area contributed by atoms with Crippen molar-refractivity contribution in [1.82, 2.24) is 10.2 Å². The SMILES string of the molecule is CNCc1ccc(C(=O)N2CCC(C(F)(F)F)CC2)cc1.Cl. The van der Waals surface area contributed by atoms with Crippen LogP contribution in [-0.4, -0.2) is 37.1 Å². The molecule has 0 aromatic heterocycles. The van der Waals surface area contributed by atoms with Gasteiger partial charge >= 0.3 is 6.18 Å². The van der Waals surface area contributed by atoms with Gasteiger partial charge in [0.05, 0.1) is 5.92 Å². The summed E-state index contributed by atoms with van der Waals surface area (Å²) in [5.41, 5.74) is 1.59. The fourth-order valence-electron chi connectivity index (χ4n) is 2.56. The number of rotatable bonds is 3. The average Bonchev–Trinajstić information content (AvgIpc) is 2.47. The van der Waals surface area contributed by atoms with E-state index in [0.29, 0.717) is 12.1 Å². The van der Waals surface area contributed by atoms with Crippen molar-refractivity contribution in [2.24, 2.45) is 5.92 Å². The van der Waals surface area contributed by atoms with Crippen LogP contribution in [0.4, 0.5) is 13.2 Å². The minimum absolute atomic E-state index is 0. The first-order valence-corrected chi connectivity index (χ1v) is 7.01. The standard InChI is InChI=1S/C15H19F3N2O.ClH/c1-19-10-11-2-4-12(5-3-11)14(21)20-8-6-13(7-9-20)15(16,17)18;/h2-5,13,19H,6-10H2,1H3;1H. The summed E-state index contributed by atoms with van der Waals surface area (Å²) in [6.07, 6.45) is -4.16. The van der Waals surface area contributed by atoms with Crippen LogP contribution in [0, 0.1) is 5.92 Å². The van der Waals surface area contributed by atoms with Gasteiger partial charge < -0.3 is 10.2 Å². The number of alkyl halides is 3. The molecule has 2 rings (SSSR count). The maximum atomic E-state index is 12.6. The van der Waals surface area contributed by atoms with Crippen LogP contribution in [0.1, 0.15) is 28.8 Å². The molecule has 1 amide bonds. The molecule has 1 aliphatic rings. The van der Waals surface area contributed by atoms with Crippen molar-refractivity contribution in [1.29, 1.82) is 0 Å². The molecule has 124 valence electrons. The number of carbonyl (C=O) groups is 1. The van der Waals surface area contributed by atoms with E-state index in [1.807, 2.05) is 19.2 Å². The van der Waals surface area contributed by atoms with Gasteiger partial charge in [-0.3, -0.25) is 4.79 Å². The summed E-state index contributed by atoms with van der Waals surface area (Å²) in [5.74, 6) is -1.47. The van der Waals surface area contributed by atoms with Gasteiger partial charge in [0.2, 0.25) is 0 Å². The zero-order chi connectivity index (χ0) is 15.5. The number of nitrogens with one attached hydrogen (secondary N) is 1. The van der Waals surface area contributed by atoms with Gasteiger partial charge in [0.1, 0.15) is 0 Å². The fraction of sp³-hybridized carbons (Fsp3) is 0.533. The zero-order valence-electron chi connectivity index (χ0n) is 12.3. The second-order valence-corrected chi connectivity index (χ2v) is 5.34. The Labute approximate surface area is 134 Å². The molecule has 1 aromatic carbocycles. The summed E-state index contributed by atoms with van der Waals surface area (Å²) in [7, 11) is 1.84. The molecule has 22 heavy (non-hydrogen) atoms. The van der Waals surface area contributed by atoms with Crippen LogP contribution >= 0.6 is 12.4 Å². The van der Waals surface area contributed by atoms with Gasteiger partial charge in [-0.2, -0.15) is 13.2 Å². The summed E-state index contributed by atoms with van der Waals surface area (Å²) in [6, 6.07) is 7.16. The largest absolute Gasteiger partial charge is 0.391 e. The van der Waals surface area contributed by atoms with Crippen molar-refractivity contribution in [3.8, 4) is 0 Å². The predicted molar refractivity (Wildman–Crippen MR) is 81.1 cm³/mol. The maximum absolute atomic E-state index is 12.6. The third-order valence-corrected chi connectivity index (χ3v) is 3.83. The molecule has 1 aromatic rings. The summed E-state index contributed by atoms with van der Waals surface area (Å²) in [6.45, 7) is 1.05. The number of piperidine rings is 1. The van der Waals surface area contributed by atoms with Gasteiger partial charge in [-0.15, -0.1) is 12.4 Å². The van der Waals surface area contributed by atoms with Crippen molar-refractivity contribution in [3.63, 3.8) is 0 Å². The van der Waals surface area contributed by atoms with Gasteiger partial charge in [-0.05, 0) is 37.6 Å². The van der Waals surface area contributed by atoms with Crippen molar-refractivity contribution in [2.75, 3.05) is 20.1 Å². The normalized spacial score (nSPS) is 16.3. The Kier molecular flexibility index (Phi) is 6.68. The zero-order valence-corrected chi connectivity index (χ0v) is 13.1. The Morgan fingerprint density at radius 1 is 1.23 bits per heavy atom. The number of carbonyl (C=O) groups excluding carboxylic acids is 1. The Hall–Kier alpha value is -1.27. The van der Waals surface area contributed by atoms with Gasteiger partial charge in [0, 0.05) is 25.2 Å². The molecule has 0 unspecified atom stereocenters. The first kappa shape index (κ1) is 18.8. The van der Waals surface area contributed by atoms with Crippen molar-refractivity contribution < 1.29 is 18.0 Å². The lowest BCUT2D eigenvalue weighted by atomic mass is 9.96. The van der Waals surface area contributed by atoms with E-state index in [4.69, 9.17) is 0 Å². The third-order valence-electron chi connectivity index (χ3n) is 3.83. The lowest BCUT2D eigenvalue weighted by molar-refractivity contribution is -0.183. The Bertz CT molecular complexity index is 483. The number of halogens is 4. The molecule has 3 nitrogen and oxygen atoms in total. The van der Waals surface area contributed by atoms with Crippen molar-refractivity contribution in [2.45, 2.75) is 25.6 Å². The molecule has 0 saturated carbocycles. The molecular formula is C15H20ClF3N2O. The quantitative estimate of drug-likeness (QED) is 0.919. The van der Waals surface area contributed by atoms with E-state index in [2.05, 4.69) is 5.32 Å². The molecule has 0 spiro atoms. The molecule has 0 radical (unpaired) electrons. The Morgan fingerprint density at radius 3 is 2.23 bits per heavy atom. The first-order chi connectivity index (χ1) is 9.91. The maximum Gasteiger partial charge on any atom is 0.391 e. The highest BCUT2D eigenvalue weighted by Crippen LogP contribution is 2.34. The molecule has 1 saturated heterocycles. The lowest BCUT2D eigenvalue weighted by Gasteiger charge is -2.33. The van der Waals surface area contributed by atoms with Crippen LogP contribution in [0.2, 0.25) is 0 Å². The van der Waals surface area contributed by atoms with Gasteiger partial charge in [0.25, 0.3) is 5.91 Å². The van der Waals surface area contributed by atoms with Crippen LogP contribution < -0.4 is 5.32 Å². The predicted octanol–water partition coefficient (Wildman–Crippen LogP) is 3.24. The van der Waals surface area contributed by atoms with Crippen LogP contribution in [-0.2, 0) is 6.54 Å². The van der Waals surface area contributed by atoms with E-state index in [9.17, 15) is 18.0 Å². The number of nitrogens with zero attached hydrogens (tertiary/aromatic N) is 1. The Morgan fingerprint density at radius 2 is 1.77 bits per heavy atom. The van der Waals surface area contributed by atoms with Gasteiger partial charge in [-0.1, -0.05) is 12.1 Å². The first-order valence-electron chi connectivity index (χ1n) is 7.01. The summed E-state index contributed by atoms with van der Waals surface area (Å²) < 4.78 is 37.8. The number of likely N-dealkylation sites (tertiary alicyclic amines) is 1. The molecule has 1 fully saturated rings. The van der Waals surface area contributed by atoms with Crippen molar-refractivity contribution >= 4 is 18.3 Å². The van der Waals surface area contributed by atoms with Gasteiger partial charge in [0.15, 0.2) is 0 Å². The van der Waals surface area contributed by atoms with Crippen LogP contribution in [0.5, 0.6) is 0 Å². The molecule has 0 aliphatic carbocycles. The van der Waals surface area contributed by atoms with E-state index in [1.165, 1.54) is 4.90 Å². The molecule has 1 heterocycles. The number of amides is 1. The highest BCUT2D eigenvalue weighted by atomic mass is 35.5. The summed E-state index contributed by atoms with van der Waals surface area (Å²) in [4.78, 5) is 13.8. The lowest BCUT2D eigenvalue weighted by Crippen LogP contribution is -2.42. The minimum atomic E-state index is -4.15. The second-order valence-electron chi connectivity index (χ2n) is 5.34. The van der Waals surface area contributed by atoms with Crippen molar-refractivity contribution in [3.05, 3.63) is 35.4 Å². The van der Waals surface area contributed by atoms with Crippen LogP contribution in [0.25, 0.3) is 0 Å². The summed E-state index contributed by atoms with van der Waals surface area (Å²) >= 11 is 0. The smallest absolute Gasteiger partial charge is 0.339 e. The average molecular weight is 337 g/mol. The molecule has 7 heteroatoms. The third kappa shape index (κ3) is 4.61. The van der Waals surface area contributed by atoms with E-state index < -0.39 is 12.1 Å². The minimum Gasteiger partial charge on any atom is -0.339 e. The summed E-state index contributed by atoms with van der Waals surface area (Å²) in [5, 5.41) is 3.01. The molecule has 0 bridgehead atoms. The topological polar surface area (TPSA) is 32.3 Å². The number of hydrogen-bond acceptors (Lipinski definition) is 2. The highest BCUT2D eigenvalue weighted by Gasteiger charge is 2.41. The molecule has 0 atom stereocenters. The van der Waals surface area contributed by atoms with E-state index in [1.54, 1.807) is 12.1 Å². The number of benzene rings is 1. The monoisotopic (exact) mass is 336 g/mol. The van der Waals surface area contributed by atoms with E-state index >= 15 is 0 Å². The molecule has 1 N–H and O–H groups in total. The van der Waals surface area contributed by atoms with Crippen LogP contribution in [0.3, 0.4) is 0 Å².